The number of nitrogens with two attached hydrogens (primary N) is 1. The van der Waals surface area contributed by atoms with Gasteiger partial charge in [0.15, 0.2) is 0 Å². The van der Waals surface area contributed by atoms with E-state index in [1.165, 1.54) is 0 Å². The molecule has 1 amide bonds. The molecular formula is C10H20N2O3. The van der Waals surface area contributed by atoms with Crippen molar-refractivity contribution in [2.75, 3.05) is 13.2 Å². The van der Waals surface area contributed by atoms with Crippen LogP contribution in [0.1, 0.15) is 27.2 Å². The molecule has 88 valence electrons. The van der Waals surface area contributed by atoms with Crippen molar-refractivity contribution in [2.45, 2.75) is 33.2 Å². The van der Waals surface area contributed by atoms with Gasteiger partial charge in [-0.05, 0) is 19.3 Å². The Hall–Kier alpha value is -1.10. The molecular weight excluding hydrogens is 196 g/mol. The maximum absolute atomic E-state index is 11.3. The fraction of sp³-hybridized carbons (Fsp3) is 0.800. The lowest BCUT2D eigenvalue weighted by molar-refractivity contribution is -0.143. The second-order valence-electron chi connectivity index (χ2n) is 3.76. The van der Waals surface area contributed by atoms with Gasteiger partial charge in [0, 0.05) is 0 Å². The van der Waals surface area contributed by atoms with Gasteiger partial charge in [-0.1, -0.05) is 13.8 Å². The van der Waals surface area contributed by atoms with Crippen molar-refractivity contribution in [3.8, 4) is 0 Å². The highest BCUT2D eigenvalue weighted by Crippen LogP contribution is 2.02. The van der Waals surface area contributed by atoms with Gasteiger partial charge < -0.3 is 15.8 Å². The molecule has 15 heavy (non-hydrogen) atoms. The van der Waals surface area contributed by atoms with Crippen LogP contribution in [0.4, 0.5) is 0 Å². The molecule has 0 unspecified atom stereocenters. The van der Waals surface area contributed by atoms with Crippen LogP contribution in [0.5, 0.6) is 0 Å². The standard InChI is InChI=1S/C10H20N2O3/c1-4-15-9(13)6-12-10(14)8(11)5-7(2)3/h7-8H,4-6,11H2,1-3H3,(H,12,14)/t8-/m1/s1. The third-order valence-electron chi connectivity index (χ3n) is 1.77. The van der Waals surface area contributed by atoms with Crippen LogP contribution in [0, 0.1) is 5.92 Å². The molecule has 5 heteroatoms. The molecule has 0 spiro atoms. The predicted molar refractivity (Wildman–Crippen MR) is 57.1 cm³/mol. The summed E-state index contributed by atoms with van der Waals surface area (Å²) in [6.45, 7) is 5.88. The van der Waals surface area contributed by atoms with Gasteiger partial charge in [0.05, 0.1) is 12.6 Å². The second kappa shape index (κ2) is 7.23. The SMILES string of the molecule is CCOC(=O)CNC(=O)[C@H](N)CC(C)C. The molecule has 0 saturated carbocycles. The molecule has 3 N–H and O–H groups in total. The topological polar surface area (TPSA) is 81.4 Å². The fourth-order valence-corrected chi connectivity index (χ4v) is 1.12. The third-order valence-corrected chi connectivity index (χ3v) is 1.77. The summed E-state index contributed by atoms with van der Waals surface area (Å²) in [5, 5.41) is 2.43. The van der Waals surface area contributed by atoms with Crippen molar-refractivity contribution in [2.24, 2.45) is 11.7 Å². The van der Waals surface area contributed by atoms with Crippen LogP contribution >= 0.6 is 0 Å². The maximum Gasteiger partial charge on any atom is 0.325 e. The average Bonchev–Trinajstić information content (AvgIpc) is 2.13. The summed E-state index contributed by atoms with van der Waals surface area (Å²) >= 11 is 0. The minimum atomic E-state index is -0.556. The number of hydrogen-bond donors (Lipinski definition) is 2. The van der Waals surface area contributed by atoms with E-state index in [4.69, 9.17) is 5.73 Å². The van der Waals surface area contributed by atoms with Crippen LogP contribution in [-0.4, -0.2) is 31.1 Å². The van der Waals surface area contributed by atoms with Crippen LogP contribution in [0.3, 0.4) is 0 Å². The smallest absolute Gasteiger partial charge is 0.325 e. The Morgan fingerprint density at radius 3 is 2.47 bits per heavy atom. The highest BCUT2D eigenvalue weighted by Gasteiger charge is 2.15. The third kappa shape index (κ3) is 6.90. The normalized spacial score (nSPS) is 12.3. The van der Waals surface area contributed by atoms with E-state index in [1.54, 1.807) is 6.92 Å². The number of esters is 1. The first-order valence-corrected chi connectivity index (χ1v) is 5.16. The number of carbonyl (C=O) groups excluding carboxylic acids is 2. The fourth-order valence-electron chi connectivity index (χ4n) is 1.12. The zero-order valence-electron chi connectivity index (χ0n) is 9.58. The minimum Gasteiger partial charge on any atom is -0.465 e. The van der Waals surface area contributed by atoms with Gasteiger partial charge in [-0.25, -0.2) is 0 Å². The lowest BCUT2D eigenvalue weighted by Crippen LogP contribution is -2.43. The average molecular weight is 216 g/mol. The van der Waals surface area contributed by atoms with Gasteiger partial charge in [0.1, 0.15) is 6.54 Å². The molecule has 0 rings (SSSR count). The van der Waals surface area contributed by atoms with Crippen LogP contribution < -0.4 is 11.1 Å². The molecule has 0 aromatic heterocycles. The van der Waals surface area contributed by atoms with E-state index in [-0.39, 0.29) is 12.5 Å². The Kier molecular flexibility index (Phi) is 6.70. The molecule has 0 aliphatic heterocycles. The van der Waals surface area contributed by atoms with Crippen molar-refractivity contribution in [1.82, 2.24) is 5.32 Å². The monoisotopic (exact) mass is 216 g/mol. The van der Waals surface area contributed by atoms with Gasteiger partial charge in [-0.15, -0.1) is 0 Å². The van der Waals surface area contributed by atoms with Crippen molar-refractivity contribution >= 4 is 11.9 Å². The summed E-state index contributed by atoms with van der Waals surface area (Å²) in [6.07, 6.45) is 0.606. The van der Waals surface area contributed by atoms with E-state index in [0.29, 0.717) is 18.9 Å². The molecule has 0 fully saturated rings. The summed E-state index contributed by atoms with van der Waals surface area (Å²) in [4.78, 5) is 22.3. The van der Waals surface area contributed by atoms with Crippen molar-refractivity contribution in [3.63, 3.8) is 0 Å². The second-order valence-corrected chi connectivity index (χ2v) is 3.76. The van der Waals surface area contributed by atoms with E-state index in [1.807, 2.05) is 13.8 Å². The predicted octanol–water partition coefficient (Wildman–Crippen LogP) is 0.0391. The van der Waals surface area contributed by atoms with Crippen molar-refractivity contribution in [1.29, 1.82) is 0 Å². The Morgan fingerprint density at radius 1 is 1.40 bits per heavy atom. The highest BCUT2D eigenvalue weighted by atomic mass is 16.5. The van der Waals surface area contributed by atoms with Gasteiger partial charge in [-0.2, -0.15) is 0 Å². The first-order chi connectivity index (χ1) is 6.97. The van der Waals surface area contributed by atoms with E-state index in [2.05, 4.69) is 10.1 Å². The van der Waals surface area contributed by atoms with Gasteiger partial charge in [0.25, 0.3) is 0 Å². The lowest BCUT2D eigenvalue weighted by atomic mass is 10.0. The molecule has 0 radical (unpaired) electrons. The summed E-state index contributed by atoms with van der Waals surface area (Å²) in [5.41, 5.74) is 5.61. The molecule has 0 heterocycles. The number of amides is 1. The molecule has 0 bridgehead atoms. The number of ether oxygens (including phenoxy) is 1. The number of hydrogen-bond acceptors (Lipinski definition) is 4. The quantitative estimate of drug-likeness (QED) is 0.614. The first kappa shape index (κ1) is 13.9. The van der Waals surface area contributed by atoms with Crippen LogP contribution in [-0.2, 0) is 14.3 Å². The first-order valence-electron chi connectivity index (χ1n) is 5.16. The summed E-state index contributed by atoms with van der Waals surface area (Å²) < 4.78 is 4.66. The molecule has 1 atom stereocenters. The Morgan fingerprint density at radius 2 is 2.00 bits per heavy atom. The summed E-state index contributed by atoms with van der Waals surface area (Å²) in [6, 6.07) is -0.556. The van der Waals surface area contributed by atoms with Crippen LogP contribution in [0.15, 0.2) is 0 Å². The summed E-state index contributed by atoms with van der Waals surface area (Å²) in [7, 11) is 0. The molecule has 0 aromatic rings. The minimum absolute atomic E-state index is 0.113. The van der Waals surface area contributed by atoms with Gasteiger partial charge in [0.2, 0.25) is 5.91 Å². The van der Waals surface area contributed by atoms with Crippen LogP contribution in [0.25, 0.3) is 0 Å². The van der Waals surface area contributed by atoms with E-state index in [0.717, 1.165) is 0 Å². The highest BCUT2D eigenvalue weighted by molar-refractivity contribution is 5.85. The molecule has 5 nitrogen and oxygen atoms in total. The largest absolute Gasteiger partial charge is 0.465 e. The maximum atomic E-state index is 11.3. The number of rotatable bonds is 6. The lowest BCUT2D eigenvalue weighted by Gasteiger charge is -2.13. The van der Waals surface area contributed by atoms with E-state index in [9.17, 15) is 9.59 Å². The zero-order chi connectivity index (χ0) is 11.8. The van der Waals surface area contributed by atoms with Crippen LogP contribution in [0.2, 0.25) is 0 Å². The Bertz CT molecular complexity index is 217. The summed E-state index contributed by atoms with van der Waals surface area (Å²) in [5.74, 6) is -0.396. The zero-order valence-corrected chi connectivity index (χ0v) is 9.58. The Labute approximate surface area is 90.4 Å². The van der Waals surface area contributed by atoms with Crippen molar-refractivity contribution in [3.05, 3.63) is 0 Å². The van der Waals surface area contributed by atoms with Gasteiger partial charge in [-0.3, -0.25) is 9.59 Å². The Balaban J connectivity index is 3.78. The van der Waals surface area contributed by atoms with E-state index >= 15 is 0 Å². The number of carbonyl (C=O) groups is 2. The molecule has 0 saturated heterocycles. The van der Waals surface area contributed by atoms with E-state index < -0.39 is 12.0 Å². The molecule has 0 aliphatic carbocycles. The molecule has 0 aromatic carbocycles. The number of nitrogens with one attached hydrogen (secondary N) is 1. The van der Waals surface area contributed by atoms with Crippen molar-refractivity contribution < 1.29 is 14.3 Å². The molecule has 0 aliphatic rings. The van der Waals surface area contributed by atoms with Gasteiger partial charge >= 0.3 is 5.97 Å².